The van der Waals surface area contributed by atoms with Crippen LogP contribution in [0.1, 0.15) is 13.3 Å². The van der Waals surface area contributed by atoms with Crippen LogP contribution in [-0.4, -0.2) is 56.1 Å². The summed E-state index contributed by atoms with van der Waals surface area (Å²) in [4.78, 5) is 17.6. The van der Waals surface area contributed by atoms with Gasteiger partial charge in [-0.3, -0.25) is 0 Å². The summed E-state index contributed by atoms with van der Waals surface area (Å²) in [6.07, 6.45) is 1.88. The van der Waals surface area contributed by atoms with E-state index in [1.54, 1.807) is 11.0 Å². The first kappa shape index (κ1) is 15.0. The summed E-state index contributed by atoms with van der Waals surface area (Å²) >= 11 is 0. The van der Waals surface area contributed by atoms with Crippen molar-refractivity contribution in [2.45, 2.75) is 30.4 Å². The van der Waals surface area contributed by atoms with Gasteiger partial charge in [-0.25, -0.2) is 22.9 Å². The van der Waals surface area contributed by atoms with Crippen LogP contribution in [0.3, 0.4) is 0 Å². The molecule has 1 aromatic heterocycles. The molecule has 8 nitrogen and oxygen atoms in total. The Morgan fingerprint density at radius 1 is 1.55 bits per heavy atom. The molecule has 22 heavy (non-hydrogen) atoms. The van der Waals surface area contributed by atoms with Gasteiger partial charge >= 0.3 is 6.03 Å². The van der Waals surface area contributed by atoms with Gasteiger partial charge in [-0.05, 0) is 18.6 Å². The van der Waals surface area contributed by atoms with E-state index in [1.807, 2.05) is 6.92 Å². The third kappa shape index (κ3) is 2.73. The highest BCUT2D eigenvalue weighted by molar-refractivity contribution is 7.89. The molecule has 0 saturated carbocycles. The second-order valence-corrected chi connectivity index (χ2v) is 7.01. The van der Waals surface area contributed by atoms with Gasteiger partial charge in [-0.2, -0.15) is 0 Å². The second kappa shape index (κ2) is 5.73. The molecule has 0 bridgehead atoms. The maximum Gasteiger partial charge on any atom is 0.317 e. The molecular formula is C13H18N4O4S. The van der Waals surface area contributed by atoms with E-state index >= 15 is 0 Å². The van der Waals surface area contributed by atoms with Crippen molar-refractivity contribution in [2.75, 3.05) is 19.6 Å². The van der Waals surface area contributed by atoms with Crippen LogP contribution in [0.2, 0.25) is 0 Å². The number of hydrogen-bond donors (Lipinski definition) is 2. The molecule has 2 N–H and O–H groups in total. The van der Waals surface area contributed by atoms with Crippen molar-refractivity contribution in [2.24, 2.45) is 0 Å². The van der Waals surface area contributed by atoms with E-state index < -0.39 is 22.2 Å². The molecule has 0 aliphatic carbocycles. The van der Waals surface area contributed by atoms with Gasteiger partial charge in [0.1, 0.15) is 11.0 Å². The molecule has 2 aliphatic rings. The fourth-order valence-corrected chi connectivity index (χ4v) is 3.93. The van der Waals surface area contributed by atoms with E-state index in [0.29, 0.717) is 13.1 Å². The number of aromatic nitrogens is 1. The van der Waals surface area contributed by atoms with E-state index in [0.717, 1.165) is 6.42 Å². The van der Waals surface area contributed by atoms with E-state index in [1.165, 1.54) is 12.3 Å². The Hall–Kier alpha value is -1.87. The van der Waals surface area contributed by atoms with Crippen LogP contribution in [0, 0.1) is 0 Å². The van der Waals surface area contributed by atoms with Crippen molar-refractivity contribution in [3.8, 4) is 5.88 Å². The van der Waals surface area contributed by atoms with Gasteiger partial charge in [0.05, 0.1) is 12.6 Å². The standard InChI is InChI=1S/C13H18N4O4S/c1-2-5-15-13(18)17-7-9-10(8-17)21-12-11(4-3-6-14-12)22(19,20)16-9/h3-4,6,9-10,16H,2,5,7-8H2,1H3,(H,15,18). The lowest BCUT2D eigenvalue weighted by Crippen LogP contribution is -2.43. The fraction of sp³-hybridized carbons (Fsp3) is 0.538. The summed E-state index contributed by atoms with van der Waals surface area (Å²) in [5, 5.41) is 2.78. The van der Waals surface area contributed by atoms with Gasteiger partial charge in [0.2, 0.25) is 15.9 Å². The number of carbonyl (C=O) groups excluding carboxylic acids is 1. The maximum absolute atomic E-state index is 12.3. The van der Waals surface area contributed by atoms with Crippen LogP contribution in [-0.2, 0) is 10.0 Å². The minimum Gasteiger partial charge on any atom is -0.470 e. The number of fused-ring (bicyclic) bond motifs is 2. The lowest BCUT2D eigenvalue weighted by molar-refractivity contribution is 0.174. The minimum atomic E-state index is -3.69. The van der Waals surface area contributed by atoms with Crippen LogP contribution in [0.5, 0.6) is 5.88 Å². The Balaban J connectivity index is 1.81. The van der Waals surface area contributed by atoms with Gasteiger partial charge in [0.15, 0.2) is 0 Å². The first-order valence-corrected chi connectivity index (χ1v) is 8.66. The van der Waals surface area contributed by atoms with Crippen molar-refractivity contribution >= 4 is 16.1 Å². The highest BCUT2D eigenvalue weighted by Crippen LogP contribution is 2.28. The summed E-state index contributed by atoms with van der Waals surface area (Å²) < 4.78 is 33.0. The number of amides is 2. The van der Waals surface area contributed by atoms with Gasteiger partial charge < -0.3 is 15.0 Å². The lowest BCUT2D eigenvalue weighted by Gasteiger charge is -2.17. The number of carbonyl (C=O) groups is 1. The number of pyridine rings is 1. The Labute approximate surface area is 128 Å². The molecule has 1 fully saturated rings. The molecule has 1 aromatic rings. The predicted octanol–water partition coefficient (Wildman–Crippen LogP) is -0.0753. The largest absolute Gasteiger partial charge is 0.470 e. The molecule has 3 rings (SSSR count). The summed E-state index contributed by atoms with van der Waals surface area (Å²) in [7, 11) is -3.69. The molecule has 1 saturated heterocycles. The fourth-order valence-electron chi connectivity index (χ4n) is 2.59. The molecule has 3 heterocycles. The second-order valence-electron chi connectivity index (χ2n) is 5.33. The summed E-state index contributed by atoms with van der Waals surface area (Å²) in [6, 6.07) is 2.32. The van der Waals surface area contributed by atoms with Crippen LogP contribution in [0.25, 0.3) is 0 Å². The third-order valence-electron chi connectivity index (χ3n) is 3.67. The number of nitrogens with one attached hydrogen (secondary N) is 2. The highest BCUT2D eigenvalue weighted by Gasteiger charge is 2.43. The van der Waals surface area contributed by atoms with Crippen LogP contribution < -0.4 is 14.8 Å². The first-order chi connectivity index (χ1) is 10.5. The number of ether oxygens (including phenoxy) is 1. The minimum absolute atomic E-state index is 0.0337. The Morgan fingerprint density at radius 3 is 3.14 bits per heavy atom. The quantitative estimate of drug-likeness (QED) is 0.792. The van der Waals surface area contributed by atoms with E-state index in [2.05, 4.69) is 15.0 Å². The van der Waals surface area contributed by atoms with Crippen molar-refractivity contribution in [3.05, 3.63) is 18.3 Å². The van der Waals surface area contributed by atoms with E-state index in [9.17, 15) is 13.2 Å². The van der Waals surface area contributed by atoms with Crippen molar-refractivity contribution in [1.29, 1.82) is 0 Å². The molecule has 2 aliphatic heterocycles. The zero-order chi connectivity index (χ0) is 15.7. The summed E-state index contributed by atoms with van der Waals surface area (Å²) in [6.45, 7) is 3.14. The van der Waals surface area contributed by atoms with Crippen LogP contribution >= 0.6 is 0 Å². The molecule has 9 heteroatoms. The lowest BCUT2D eigenvalue weighted by atomic mass is 10.2. The zero-order valence-electron chi connectivity index (χ0n) is 12.2. The molecule has 0 radical (unpaired) electrons. The summed E-state index contributed by atoms with van der Waals surface area (Å²) in [5.41, 5.74) is 0. The Morgan fingerprint density at radius 2 is 2.36 bits per heavy atom. The van der Waals surface area contributed by atoms with Crippen LogP contribution in [0.4, 0.5) is 4.79 Å². The molecular weight excluding hydrogens is 308 g/mol. The van der Waals surface area contributed by atoms with Crippen LogP contribution in [0.15, 0.2) is 23.2 Å². The zero-order valence-corrected chi connectivity index (χ0v) is 13.0. The van der Waals surface area contributed by atoms with Crippen molar-refractivity contribution in [1.82, 2.24) is 19.9 Å². The molecule has 0 spiro atoms. The van der Waals surface area contributed by atoms with Gasteiger partial charge in [0, 0.05) is 19.3 Å². The topological polar surface area (TPSA) is 101 Å². The normalized spacial score (nSPS) is 25.6. The molecule has 2 amide bonds. The number of urea groups is 1. The highest BCUT2D eigenvalue weighted by atomic mass is 32.2. The van der Waals surface area contributed by atoms with E-state index in [-0.39, 0.29) is 23.4 Å². The first-order valence-electron chi connectivity index (χ1n) is 7.18. The maximum atomic E-state index is 12.3. The smallest absolute Gasteiger partial charge is 0.317 e. The number of sulfonamides is 1. The van der Waals surface area contributed by atoms with Crippen molar-refractivity contribution in [3.63, 3.8) is 0 Å². The van der Waals surface area contributed by atoms with Crippen molar-refractivity contribution < 1.29 is 17.9 Å². The Kier molecular flexibility index (Phi) is 3.92. The Bertz CT molecular complexity index is 678. The SMILES string of the molecule is CCCNC(=O)N1CC2NS(=O)(=O)c3cccnc3OC2C1. The monoisotopic (exact) mass is 326 g/mol. The molecule has 0 aromatic carbocycles. The number of likely N-dealkylation sites (tertiary alicyclic amines) is 1. The third-order valence-corrected chi connectivity index (χ3v) is 5.18. The number of nitrogens with zero attached hydrogens (tertiary/aromatic N) is 2. The molecule has 2 unspecified atom stereocenters. The van der Waals surface area contributed by atoms with Gasteiger partial charge in [0.25, 0.3) is 0 Å². The van der Waals surface area contributed by atoms with E-state index in [4.69, 9.17) is 4.74 Å². The predicted molar refractivity (Wildman–Crippen MR) is 78.0 cm³/mol. The summed E-state index contributed by atoms with van der Waals surface area (Å²) in [5.74, 6) is 0.0818. The van der Waals surface area contributed by atoms with Gasteiger partial charge in [-0.15, -0.1) is 0 Å². The molecule has 120 valence electrons. The number of hydrogen-bond acceptors (Lipinski definition) is 5. The van der Waals surface area contributed by atoms with Gasteiger partial charge in [-0.1, -0.05) is 6.92 Å². The number of rotatable bonds is 2. The molecule has 2 atom stereocenters. The average Bonchev–Trinajstić information content (AvgIpc) is 2.83. The average molecular weight is 326 g/mol.